The van der Waals surface area contributed by atoms with Gasteiger partial charge in [0.05, 0.1) is 46.7 Å². The summed E-state index contributed by atoms with van der Waals surface area (Å²) < 4.78 is 74.9. The normalized spacial score (nSPS) is 21.7. The second-order valence-corrected chi connectivity index (χ2v) is 18.3. The number of amides is 3. The predicted octanol–water partition coefficient (Wildman–Crippen LogP) is 5.02. The molecule has 9 rings (SSSR count). The Hall–Kier alpha value is -6.01. The number of ether oxygens (including phenoxy) is 2. The predicted molar refractivity (Wildman–Crippen MR) is 223 cm³/mol. The molecule has 3 aromatic carbocycles. The molecule has 1 unspecified atom stereocenters. The molecule has 20 heteroatoms. The van der Waals surface area contributed by atoms with E-state index in [0.717, 1.165) is 42.1 Å². The zero-order valence-corrected chi connectivity index (χ0v) is 35.0. The molecule has 62 heavy (non-hydrogen) atoms. The second-order valence-electron chi connectivity index (χ2n) is 16.5. The van der Waals surface area contributed by atoms with Crippen LogP contribution in [0.5, 0.6) is 11.5 Å². The Labute approximate surface area is 355 Å². The molecule has 1 aliphatic carbocycles. The minimum absolute atomic E-state index is 0.0247. The molecule has 4 fully saturated rings. The van der Waals surface area contributed by atoms with Gasteiger partial charge >= 0.3 is 16.2 Å². The highest BCUT2D eigenvalue weighted by atomic mass is 32.2. The quantitative estimate of drug-likeness (QED) is 0.191. The summed E-state index contributed by atoms with van der Waals surface area (Å²) in [6, 6.07) is 11.2. The topological polar surface area (TPSA) is 197 Å². The van der Waals surface area contributed by atoms with Crippen molar-refractivity contribution >= 4 is 55.5 Å². The minimum Gasteiger partial charge on any atom is -0.453 e. The van der Waals surface area contributed by atoms with Gasteiger partial charge in [-0.25, -0.2) is 18.6 Å². The molecule has 3 amide bonds. The van der Waals surface area contributed by atoms with Crippen molar-refractivity contribution < 1.29 is 36.3 Å². The van der Waals surface area contributed by atoms with Gasteiger partial charge in [0.1, 0.15) is 23.2 Å². The van der Waals surface area contributed by atoms with Crippen LogP contribution >= 0.6 is 0 Å². The first kappa shape index (κ1) is 41.3. The van der Waals surface area contributed by atoms with Crippen LogP contribution in [0.15, 0.2) is 53.6 Å². The lowest BCUT2D eigenvalue weighted by molar-refractivity contribution is -0.130. The number of carbonyl (C=O) groups is 2. The number of aryl methyl sites for hydroxylation is 1. The number of rotatable bonds is 10. The molecule has 2 aromatic heterocycles. The van der Waals surface area contributed by atoms with Crippen molar-refractivity contribution in [2.45, 2.75) is 69.1 Å². The highest BCUT2D eigenvalue weighted by Gasteiger charge is 2.52. The third-order valence-corrected chi connectivity index (χ3v) is 14.3. The van der Waals surface area contributed by atoms with E-state index in [4.69, 9.17) is 9.47 Å². The van der Waals surface area contributed by atoms with Gasteiger partial charge in [0.25, 0.3) is 5.56 Å². The summed E-state index contributed by atoms with van der Waals surface area (Å²) in [6.45, 7) is 3.70. The summed E-state index contributed by atoms with van der Waals surface area (Å²) in [5.74, 6) is -1.68. The first-order valence-electron chi connectivity index (χ1n) is 20.5. The van der Waals surface area contributed by atoms with Crippen LogP contribution in [0.4, 0.5) is 25.1 Å². The van der Waals surface area contributed by atoms with E-state index < -0.39 is 33.4 Å². The SMILES string of the molecule is CCN(C)S(=O)(=O)Nc1ccc(F)c(Oc2ccc3ncn(C4COC5(C4)CN(C4CCC(c6cc7c(cc6F)c(N6CCC(=O)NC6=O)nn7C)CC4)C5)c(=O)c3c2)c1C#N. The molecule has 2 N–H and O–H groups in total. The smallest absolute Gasteiger partial charge is 0.329 e. The Morgan fingerprint density at radius 3 is 2.55 bits per heavy atom. The Bertz CT molecular complexity index is 2870. The molecule has 1 atom stereocenters. The van der Waals surface area contributed by atoms with Gasteiger partial charge < -0.3 is 9.47 Å². The second kappa shape index (κ2) is 15.7. The van der Waals surface area contributed by atoms with Crippen molar-refractivity contribution in [3.8, 4) is 17.6 Å². The van der Waals surface area contributed by atoms with Crippen LogP contribution in [0.25, 0.3) is 21.8 Å². The van der Waals surface area contributed by atoms with Gasteiger partial charge in [0, 0.05) is 64.5 Å². The van der Waals surface area contributed by atoms with E-state index in [9.17, 15) is 28.1 Å². The fourth-order valence-electron chi connectivity index (χ4n) is 9.27. The molecular formula is C42H44F2N10O7S. The number of fused-ring (bicyclic) bond motifs is 2. The standard InChI is InChI=1S/C42H44F2N10O7S/c1-4-50(2)62(58,59)49-35-12-10-32(43)38(31(35)19-45)61-27-9-11-34-29(15-27)40(56)54(23-46-34)26-18-42(60-20-26)21-52(22-42)25-7-5-24(6-8-25)28-17-36-30(16-33(28)44)39(48-51(36)3)53-14-13-37(55)47-41(53)57/h9-12,15-17,23-26,49H,4-8,13-14,18,20-22H2,1-3H3,(H,47,55,57). The lowest BCUT2D eigenvalue weighted by Crippen LogP contribution is -2.64. The monoisotopic (exact) mass is 870 g/mol. The molecule has 3 saturated heterocycles. The average molecular weight is 871 g/mol. The van der Waals surface area contributed by atoms with Crippen molar-refractivity contribution in [3.63, 3.8) is 0 Å². The maximum Gasteiger partial charge on any atom is 0.329 e. The molecule has 1 spiro atoms. The zero-order valence-electron chi connectivity index (χ0n) is 34.2. The van der Waals surface area contributed by atoms with Crippen molar-refractivity contribution in [2.24, 2.45) is 7.05 Å². The number of nitrogens with one attached hydrogen (secondary N) is 2. The van der Waals surface area contributed by atoms with Crippen LogP contribution < -0.4 is 25.2 Å². The van der Waals surface area contributed by atoms with Gasteiger partial charge in [-0.1, -0.05) is 6.92 Å². The van der Waals surface area contributed by atoms with Crippen molar-refractivity contribution in [1.29, 1.82) is 5.26 Å². The largest absolute Gasteiger partial charge is 0.453 e. The first-order chi connectivity index (χ1) is 29.7. The van der Waals surface area contributed by atoms with Crippen LogP contribution in [0, 0.1) is 23.0 Å². The minimum atomic E-state index is -4.03. The number of hydrogen-bond donors (Lipinski definition) is 2. The highest BCUT2D eigenvalue weighted by Crippen LogP contribution is 2.45. The Kier molecular flexibility index (Phi) is 10.5. The summed E-state index contributed by atoms with van der Waals surface area (Å²) in [7, 11) is -0.907. The van der Waals surface area contributed by atoms with Gasteiger partial charge in [-0.05, 0) is 79.6 Å². The van der Waals surface area contributed by atoms with E-state index in [0.29, 0.717) is 60.0 Å². The van der Waals surface area contributed by atoms with Gasteiger partial charge in [-0.15, -0.1) is 0 Å². The van der Waals surface area contributed by atoms with Crippen LogP contribution in [-0.4, -0.2) is 100 Å². The maximum atomic E-state index is 15.8. The van der Waals surface area contributed by atoms with E-state index in [1.165, 1.54) is 36.5 Å². The first-order valence-corrected chi connectivity index (χ1v) is 21.9. The molecule has 324 valence electrons. The Morgan fingerprint density at radius 1 is 1.05 bits per heavy atom. The number of likely N-dealkylation sites (tertiary alicyclic amines) is 1. The number of benzene rings is 3. The third-order valence-electron chi connectivity index (χ3n) is 12.8. The molecule has 0 radical (unpaired) electrons. The number of urea groups is 1. The number of imide groups is 1. The number of anilines is 2. The van der Waals surface area contributed by atoms with Crippen LogP contribution in [-0.2, 0) is 26.8 Å². The molecule has 4 aliphatic rings. The van der Waals surface area contributed by atoms with E-state index in [2.05, 4.69) is 25.0 Å². The van der Waals surface area contributed by atoms with Crippen molar-refractivity contribution in [1.82, 2.24) is 33.9 Å². The lowest BCUT2D eigenvalue weighted by atomic mass is 9.78. The van der Waals surface area contributed by atoms with Crippen molar-refractivity contribution in [2.75, 3.05) is 49.5 Å². The summed E-state index contributed by atoms with van der Waals surface area (Å²) in [5, 5.41) is 17.5. The summed E-state index contributed by atoms with van der Waals surface area (Å²) in [4.78, 5) is 46.4. The summed E-state index contributed by atoms with van der Waals surface area (Å²) >= 11 is 0. The molecule has 5 heterocycles. The van der Waals surface area contributed by atoms with E-state index >= 15 is 8.78 Å². The fraction of sp³-hybridized carbons (Fsp3) is 0.429. The van der Waals surface area contributed by atoms with Crippen LogP contribution in [0.1, 0.15) is 68.5 Å². The number of hydrogen-bond acceptors (Lipinski definition) is 11. The number of aromatic nitrogens is 4. The lowest BCUT2D eigenvalue weighted by Gasteiger charge is -2.52. The van der Waals surface area contributed by atoms with E-state index in [-0.39, 0.29) is 71.1 Å². The molecule has 1 saturated carbocycles. The van der Waals surface area contributed by atoms with E-state index in [1.54, 1.807) is 29.3 Å². The molecular weight excluding hydrogens is 827 g/mol. The average Bonchev–Trinajstić information content (AvgIpc) is 3.82. The van der Waals surface area contributed by atoms with Crippen LogP contribution in [0.3, 0.4) is 0 Å². The van der Waals surface area contributed by atoms with Gasteiger partial charge in [-0.2, -0.15) is 23.1 Å². The Morgan fingerprint density at radius 2 is 1.82 bits per heavy atom. The zero-order chi connectivity index (χ0) is 43.7. The van der Waals surface area contributed by atoms with Gasteiger partial charge in [0.15, 0.2) is 17.4 Å². The van der Waals surface area contributed by atoms with Crippen molar-refractivity contribution in [3.05, 3.63) is 81.9 Å². The molecule has 17 nitrogen and oxygen atoms in total. The van der Waals surface area contributed by atoms with Gasteiger partial charge in [0.2, 0.25) is 5.91 Å². The summed E-state index contributed by atoms with van der Waals surface area (Å²) in [5.41, 5.74) is 0.446. The maximum absolute atomic E-state index is 15.8. The number of nitriles is 1. The summed E-state index contributed by atoms with van der Waals surface area (Å²) in [6.07, 6.45) is 5.61. The number of halogens is 2. The number of carbonyl (C=O) groups excluding carboxylic acids is 2. The molecule has 5 aromatic rings. The van der Waals surface area contributed by atoms with Crippen LogP contribution in [0.2, 0.25) is 0 Å². The molecule has 0 bridgehead atoms. The van der Waals surface area contributed by atoms with Gasteiger partial charge in [-0.3, -0.25) is 38.7 Å². The third kappa shape index (κ3) is 7.31. The Balaban J connectivity index is 0.843. The number of nitrogens with zero attached hydrogens (tertiary/aromatic N) is 8. The highest BCUT2D eigenvalue weighted by molar-refractivity contribution is 7.90. The molecule has 3 aliphatic heterocycles. The fourth-order valence-corrected chi connectivity index (χ4v) is 10.2. The van der Waals surface area contributed by atoms with E-state index in [1.807, 2.05) is 12.1 Å².